The Morgan fingerprint density at radius 2 is 1.00 bits per heavy atom. The van der Waals surface area contributed by atoms with Gasteiger partial charge in [-0.25, -0.2) is 0 Å². The minimum Gasteiger partial charge on any atom is -0.307 e. The van der Waals surface area contributed by atoms with Crippen LogP contribution in [0.1, 0.15) is 33.5 Å². The molecule has 0 spiro atoms. The van der Waals surface area contributed by atoms with E-state index in [1.54, 1.807) is 0 Å². The van der Waals surface area contributed by atoms with Crippen LogP contribution in [0, 0.1) is 58.2 Å². The lowest BCUT2D eigenvalue weighted by Gasteiger charge is -2.27. The Labute approximate surface area is 344 Å². The van der Waals surface area contributed by atoms with Crippen molar-refractivity contribution in [2.75, 3.05) is 0 Å². The standard InChI is InChI=1S/C53H31N7/c1-32-18-22-35(23-19-32)50-52(59-46-16-8-4-12-38(46)40-26-33(28-54)20-24-48(40)59)42(30-56)51(58-44-14-6-2-10-36(44)37-11-3-7-15-45(37)58)43(31-57)53(50)60-47-17-9-5-13-39(47)41-27-34(29-55)21-25-49(41)60/h2-26,34H,27H2,1H3. The highest BCUT2D eigenvalue weighted by molar-refractivity contribution is 6.13. The van der Waals surface area contributed by atoms with Gasteiger partial charge in [0.25, 0.3) is 0 Å². The molecule has 1 atom stereocenters. The van der Waals surface area contributed by atoms with E-state index in [2.05, 4.69) is 98.6 Å². The molecule has 0 amide bonds. The van der Waals surface area contributed by atoms with Gasteiger partial charge in [-0.15, -0.1) is 0 Å². The number of benzene rings is 7. The number of nitrogens with zero attached hydrogens (tertiary/aromatic N) is 7. The molecule has 7 nitrogen and oxygen atoms in total. The summed E-state index contributed by atoms with van der Waals surface area (Å²) < 4.78 is 6.43. The Morgan fingerprint density at radius 3 is 1.57 bits per heavy atom. The van der Waals surface area contributed by atoms with Crippen LogP contribution in [-0.2, 0) is 6.42 Å². The first-order chi connectivity index (χ1) is 29.5. The van der Waals surface area contributed by atoms with E-state index in [0.717, 1.165) is 76.9 Å². The summed E-state index contributed by atoms with van der Waals surface area (Å²) in [6, 6.07) is 56.7. The van der Waals surface area contributed by atoms with Crippen molar-refractivity contribution in [3.05, 3.63) is 179 Å². The Hall–Kier alpha value is -8.62. The smallest absolute Gasteiger partial charge is 0.104 e. The van der Waals surface area contributed by atoms with Crippen molar-refractivity contribution in [2.24, 2.45) is 5.92 Å². The molecule has 0 N–H and O–H groups in total. The maximum Gasteiger partial charge on any atom is 0.104 e. The summed E-state index contributed by atoms with van der Waals surface area (Å²) in [5.74, 6) is -0.302. The van der Waals surface area contributed by atoms with Gasteiger partial charge in [-0.1, -0.05) is 109 Å². The average Bonchev–Trinajstić information content (AvgIpc) is 3.93. The summed E-state index contributed by atoms with van der Waals surface area (Å²) in [5, 5.41) is 48.7. The summed E-state index contributed by atoms with van der Waals surface area (Å²) in [7, 11) is 0. The van der Waals surface area contributed by atoms with Crippen LogP contribution < -0.4 is 0 Å². The second kappa shape index (κ2) is 13.2. The summed E-state index contributed by atoms with van der Waals surface area (Å²) in [4.78, 5) is 0. The lowest BCUT2D eigenvalue weighted by atomic mass is 9.90. The van der Waals surface area contributed by atoms with E-state index in [-0.39, 0.29) is 5.92 Å². The molecular formula is C53H31N7. The van der Waals surface area contributed by atoms with E-state index in [9.17, 15) is 21.0 Å². The predicted molar refractivity (Wildman–Crippen MR) is 238 cm³/mol. The first-order valence-electron chi connectivity index (χ1n) is 19.8. The summed E-state index contributed by atoms with van der Waals surface area (Å²) in [6.45, 7) is 2.05. The van der Waals surface area contributed by atoms with Crippen molar-refractivity contribution in [3.63, 3.8) is 0 Å². The van der Waals surface area contributed by atoms with E-state index in [1.165, 1.54) is 0 Å². The molecule has 0 saturated carbocycles. The van der Waals surface area contributed by atoms with Gasteiger partial charge in [-0.05, 0) is 73.0 Å². The molecule has 0 saturated heterocycles. The number of nitriles is 4. The largest absolute Gasteiger partial charge is 0.307 e. The van der Waals surface area contributed by atoms with Gasteiger partial charge < -0.3 is 13.7 Å². The van der Waals surface area contributed by atoms with Crippen molar-refractivity contribution in [2.45, 2.75) is 13.3 Å². The van der Waals surface area contributed by atoms with E-state index in [0.29, 0.717) is 45.7 Å². The maximum absolute atomic E-state index is 11.9. The zero-order valence-corrected chi connectivity index (χ0v) is 32.3. The molecule has 1 aliphatic rings. The van der Waals surface area contributed by atoms with Crippen LogP contribution in [0.4, 0.5) is 0 Å². The van der Waals surface area contributed by atoms with Crippen LogP contribution in [0.15, 0.2) is 146 Å². The molecule has 60 heavy (non-hydrogen) atoms. The molecule has 7 heteroatoms. The molecule has 0 bridgehead atoms. The van der Waals surface area contributed by atoms with Crippen molar-refractivity contribution < 1.29 is 0 Å². The fraction of sp³-hybridized carbons (Fsp3) is 0.0566. The van der Waals surface area contributed by atoms with Crippen LogP contribution in [0.3, 0.4) is 0 Å². The summed E-state index contributed by atoms with van der Waals surface area (Å²) in [5.41, 5.74) is 11.7. The molecule has 1 aliphatic carbocycles. The minimum atomic E-state index is -0.302. The fourth-order valence-corrected chi connectivity index (χ4v) is 9.58. The number of hydrogen-bond acceptors (Lipinski definition) is 4. The molecule has 1 unspecified atom stereocenters. The lowest BCUT2D eigenvalue weighted by molar-refractivity contribution is 0.809. The quantitative estimate of drug-likeness (QED) is 0.178. The first-order valence-corrected chi connectivity index (χ1v) is 19.8. The number of hydrogen-bond donors (Lipinski definition) is 0. The van der Waals surface area contributed by atoms with Crippen molar-refractivity contribution in [1.29, 1.82) is 21.0 Å². The molecule has 10 aromatic rings. The Balaban J connectivity index is 1.46. The highest BCUT2D eigenvalue weighted by atomic mass is 15.1. The zero-order chi connectivity index (χ0) is 40.6. The van der Waals surface area contributed by atoms with Gasteiger partial charge in [0, 0.05) is 38.2 Å². The Morgan fingerprint density at radius 1 is 0.500 bits per heavy atom. The Bertz CT molecular complexity index is 3640. The highest BCUT2D eigenvalue weighted by Crippen LogP contribution is 2.49. The number of para-hydroxylation sites is 4. The number of fused-ring (bicyclic) bond motifs is 9. The SMILES string of the molecule is Cc1ccc(-c2c(-n3c4c(c5ccccc53)CC(C#N)C=C4)c(C#N)c(-n3c4ccccc4c4ccccc43)c(C#N)c2-n2c3ccccc3c3cc(C#N)ccc32)cc1. The van der Waals surface area contributed by atoms with Crippen LogP contribution in [0.2, 0.25) is 0 Å². The molecule has 0 aliphatic heterocycles. The van der Waals surface area contributed by atoms with Crippen LogP contribution >= 0.6 is 0 Å². The van der Waals surface area contributed by atoms with Crippen molar-refractivity contribution >= 4 is 60.6 Å². The lowest BCUT2D eigenvalue weighted by Crippen LogP contribution is -2.15. The van der Waals surface area contributed by atoms with Crippen LogP contribution in [-0.4, -0.2) is 13.7 Å². The second-order valence-corrected chi connectivity index (χ2v) is 15.3. The third-order valence-corrected chi connectivity index (χ3v) is 12.1. The number of allylic oxidation sites excluding steroid dienone is 1. The predicted octanol–water partition coefficient (Wildman–Crippen LogP) is 12.1. The van der Waals surface area contributed by atoms with Gasteiger partial charge in [0.1, 0.15) is 23.3 Å². The third kappa shape index (κ3) is 4.79. The molecule has 11 rings (SSSR count). The van der Waals surface area contributed by atoms with Crippen LogP contribution in [0.25, 0.3) is 88.8 Å². The van der Waals surface area contributed by atoms with Gasteiger partial charge in [0.2, 0.25) is 0 Å². The second-order valence-electron chi connectivity index (χ2n) is 15.3. The Kier molecular flexibility index (Phi) is 7.63. The van der Waals surface area contributed by atoms with E-state index in [1.807, 2.05) is 97.9 Å². The maximum atomic E-state index is 11.9. The van der Waals surface area contributed by atoms with Gasteiger partial charge in [0.15, 0.2) is 0 Å². The van der Waals surface area contributed by atoms with Crippen molar-refractivity contribution in [1.82, 2.24) is 13.7 Å². The van der Waals surface area contributed by atoms with E-state index < -0.39 is 0 Å². The van der Waals surface area contributed by atoms with Gasteiger partial charge in [0.05, 0.1) is 68.3 Å². The fourth-order valence-electron chi connectivity index (χ4n) is 9.58. The van der Waals surface area contributed by atoms with Gasteiger partial charge >= 0.3 is 0 Å². The molecule has 3 aromatic heterocycles. The summed E-state index contributed by atoms with van der Waals surface area (Å²) >= 11 is 0. The number of aryl methyl sites for hydroxylation is 1. The normalized spacial score (nSPS) is 13.4. The average molecular weight is 766 g/mol. The molecule has 0 radical (unpaired) electrons. The number of aromatic nitrogens is 3. The molecule has 3 heterocycles. The van der Waals surface area contributed by atoms with E-state index >= 15 is 0 Å². The summed E-state index contributed by atoms with van der Waals surface area (Å²) in [6.07, 6.45) is 4.50. The third-order valence-electron chi connectivity index (χ3n) is 12.1. The van der Waals surface area contributed by atoms with Crippen LogP contribution in [0.5, 0.6) is 0 Å². The molecular weight excluding hydrogens is 735 g/mol. The van der Waals surface area contributed by atoms with E-state index in [4.69, 9.17) is 0 Å². The zero-order valence-electron chi connectivity index (χ0n) is 32.3. The first kappa shape index (κ1) is 34.6. The topological polar surface area (TPSA) is 110 Å². The van der Waals surface area contributed by atoms with Gasteiger partial charge in [-0.3, -0.25) is 0 Å². The van der Waals surface area contributed by atoms with Crippen molar-refractivity contribution in [3.8, 4) is 52.5 Å². The van der Waals surface area contributed by atoms with Gasteiger partial charge in [-0.2, -0.15) is 21.0 Å². The highest BCUT2D eigenvalue weighted by Gasteiger charge is 2.34. The molecule has 7 aromatic carbocycles. The monoisotopic (exact) mass is 765 g/mol. The molecule has 0 fully saturated rings. The number of rotatable bonds is 4. The minimum absolute atomic E-state index is 0.302. The molecule has 278 valence electrons.